The molecular weight excluding hydrogens is 443 g/mol. The number of nitrogens with one attached hydrogen (secondary N) is 1. The first-order valence-corrected chi connectivity index (χ1v) is 10.6. The van der Waals surface area contributed by atoms with Gasteiger partial charge < -0.3 is 15.0 Å². The minimum Gasteiger partial charge on any atom is -0.497 e. The van der Waals surface area contributed by atoms with Crippen LogP contribution in [0.4, 0.5) is 15.8 Å². The molecule has 2 amide bonds. The Morgan fingerprint density at radius 2 is 1.94 bits per heavy atom. The van der Waals surface area contributed by atoms with Crippen molar-refractivity contribution in [2.24, 2.45) is 0 Å². The maximum Gasteiger partial charge on any atom is 0.256 e. The zero-order chi connectivity index (χ0) is 23.4. The lowest BCUT2D eigenvalue weighted by molar-refractivity contribution is -0.124. The summed E-state index contributed by atoms with van der Waals surface area (Å²) in [5.41, 5.74) is 1.70. The van der Waals surface area contributed by atoms with Crippen molar-refractivity contribution in [2.75, 3.05) is 17.3 Å². The van der Waals surface area contributed by atoms with Gasteiger partial charge in [0.1, 0.15) is 17.6 Å². The van der Waals surface area contributed by atoms with Gasteiger partial charge in [-0.25, -0.2) is 4.39 Å². The number of nitrogens with zero attached hydrogens (tertiary/aromatic N) is 3. The first-order valence-electron chi connectivity index (χ1n) is 10.2. The van der Waals surface area contributed by atoms with Crippen LogP contribution in [0.5, 0.6) is 5.75 Å². The molecule has 0 spiro atoms. The van der Waals surface area contributed by atoms with Gasteiger partial charge in [-0.1, -0.05) is 12.1 Å². The summed E-state index contributed by atoms with van der Waals surface area (Å²) in [5, 5.41) is 2.98. The van der Waals surface area contributed by atoms with E-state index >= 15 is 0 Å². The Kier molecular flexibility index (Phi) is 6.60. The van der Waals surface area contributed by atoms with E-state index < -0.39 is 11.9 Å². The molecule has 2 heterocycles. The monoisotopic (exact) mass is 464 g/mol. The smallest absolute Gasteiger partial charge is 0.256 e. The molecule has 2 aromatic carbocycles. The standard InChI is InChI=1S/C24H21FN4O3S/c1-32-20-7-4-6-19(13-20)29-23(31)21(14-22(30)27-17-10-8-16(25)9-11-17)28(24(29)33)15-18-5-2-3-12-26-18/h2-13,21H,14-15H2,1H3,(H,27,30)/t21-/m1/s1. The summed E-state index contributed by atoms with van der Waals surface area (Å²) in [6, 6.07) is 17.1. The number of amides is 2. The Hall–Kier alpha value is -3.85. The molecule has 9 heteroatoms. The predicted molar refractivity (Wildman–Crippen MR) is 126 cm³/mol. The third-order valence-electron chi connectivity index (χ3n) is 5.20. The molecular formula is C24H21FN4O3S. The second-order valence-corrected chi connectivity index (χ2v) is 7.75. The van der Waals surface area contributed by atoms with Crippen LogP contribution in [0.1, 0.15) is 12.1 Å². The highest BCUT2D eigenvalue weighted by Crippen LogP contribution is 2.30. The van der Waals surface area contributed by atoms with Crippen molar-refractivity contribution in [1.82, 2.24) is 9.88 Å². The lowest BCUT2D eigenvalue weighted by atomic mass is 10.1. The first-order chi connectivity index (χ1) is 16.0. The summed E-state index contributed by atoms with van der Waals surface area (Å²) in [6.45, 7) is 0.264. The van der Waals surface area contributed by atoms with E-state index in [4.69, 9.17) is 17.0 Å². The summed E-state index contributed by atoms with van der Waals surface area (Å²) in [4.78, 5) is 33.7. The van der Waals surface area contributed by atoms with E-state index in [1.54, 1.807) is 48.5 Å². The van der Waals surface area contributed by atoms with Gasteiger partial charge in [0, 0.05) is 18.0 Å². The van der Waals surface area contributed by atoms with E-state index in [2.05, 4.69) is 10.3 Å². The SMILES string of the molecule is COc1cccc(N2C(=O)[C@@H](CC(=O)Nc3ccc(F)cc3)N(Cc3ccccn3)C2=S)c1. The maximum atomic E-state index is 13.5. The number of halogens is 1. The quantitative estimate of drug-likeness (QED) is 0.537. The molecule has 3 aromatic rings. The molecule has 1 saturated heterocycles. The van der Waals surface area contributed by atoms with Crippen LogP contribution in [0.15, 0.2) is 72.9 Å². The predicted octanol–water partition coefficient (Wildman–Crippen LogP) is 3.76. The zero-order valence-electron chi connectivity index (χ0n) is 17.8. The van der Waals surface area contributed by atoms with Gasteiger partial charge in [-0.3, -0.25) is 19.5 Å². The summed E-state index contributed by atoms with van der Waals surface area (Å²) in [6.07, 6.45) is 1.52. The average Bonchev–Trinajstić information content (AvgIpc) is 3.05. The molecule has 1 aromatic heterocycles. The van der Waals surface area contributed by atoms with E-state index in [0.717, 1.165) is 0 Å². The Morgan fingerprint density at radius 1 is 1.15 bits per heavy atom. The van der Waals surface area contributed by atoms with Crippen molar-refractivity contribution in [2.45, 2.75) is 19.0 Å². The largest absolute Gasteiger partial charge is 0.497 e. The van der Waals surface area contributed by atoms with Crippen LogP contribution < -0.4 is 15.0 Å². The van der Waals surface area contributed by atoms with E-state index in [1.165, 1.54) is 29.2 Å². The lowest BCUT2D eigenvalue weighted by Gasteiger charge is -2.23. The van der Waals surface area contributed by atoms with Crippen LogP contribution in [0, 0.1) is 5.82 Å². The van der Waals surface area contributed by atoms with Crippen LogP contribution in [-0.2, 0) is 16.1 Å². The average molecular weight is 465 g/mol. The van der Waals surface area contributed by atoms with Gasteiger partial charge in [-0.2, -0.15) is 0 Å². The Balaban J connectivity index is 1.60. The molecule has 1 N–H and O–H groups in total. The molecule has 0 saturated carbocycles. The highest BCUT2D eigenvalue weighted by molar-refractivity contribution is 7.80. The maximum absolute atomic E-state index is 13.5. The van der Waals surface area contributed by atoms with E-state index in [0.29, 0.717) is 22.8 Å². The van der Waals surface area contributed by atoms with Crippen molar-refractivity contribution in [3.63, 3.8) is 0 Å². The number of carbonyl (C=O) groups is 2. The van der Waals surface area contributed by atoms with Crippen LogP contribution in [-0.4, -0.2) is 40.0 Å². The van der Waals surface area contributed by atoms with Crippen LogP contribution >= 0.6 is 12.2 Å². The van der Waals surface area contributed by atoms with Gasteiger partial charge in [0.05, 0.1) is 31.5 Å². The summed E-state index contributed by atoms with van der Waals surface area (Å²) in [7, 11) is 1.54. The number of anilines is 2. The van der Waals surface area contributed by atoms with Gasteiger partial charge in [-0.15, -0.1) is 0 Å². The number of methoxy groups -OCH3 is 1. The molecule has 33 heavy (non-hydrogen) atoms. The topological polar surface area (TPSA) is 74.8 Å². The number of hydrogen-bond acceptors (Lipinski definition) is 5. The molecule has 168 valence electrons. The molecule has 1 atom stereocenters. The third kappa shape index (κ3) is 4.98. The van der Waals surface area contributed by atoms with Crippen molar-refractivity contribution in [3.05, 3.63) is 84.4 Å². The molecule has 4 rings (SSSR count). The summed E-state index contributed by atoms with van der Waals surface area (Å²) >= 11 is 5.66. The Labute approximate surface area is 195 Å². The van der Waals surface area contributed by atoms with Crippen LogP contribution in [0.2, 0.25) is 0 Å². The minimum absolute atomic E-state index is 0.135. The Bertz CT molecular complexity index is 1170. The molecule has 0 aliphatic carbocycles. The summed E-state index contributed by atoms with van der Waals surface area (Å²) in [5.74, 6) is -0.531. The number of hydrogen-bond donors (Lipinski definition) is 1. The van der Waals surface area contributed by atoms with Crippen molar-refractivity contribution < 1.29 is 18.7 Å². The minimum atomic E-state index is -0.828. The number of aromatic nitrogens is 1. The molecule has 0 radical (unpaired) electrons. The summed E-state index contributed by atoms with van der Waals surface area (Å²) < 4.78 is 18.4. The van der Waals surface area contributed by atoms with Gasteiger partial charge in [0.2, 0.25) is 5.91 Å². The number of pyridine rings is 1. The van der Waals surface area contributed by atoms with Crippen LogP contribution in [0.25, 0.3) is 0 Å². The first kappa shape index (κ1) is 22.3. The second-order valence-electron chi connectivity index (χ2n) is 7.38. The number of benzene rings is 2. The second kappa shape index (κ2) is 9.74. The Morgan fingerprint density at radius 3 is 2.64 bits per heavy atom. The number of carbonyl (C=O) groups excluding carboxylic acids is 2. The fourth-order valence-corrected chi connectivity index (χ4v) is 3.98. The fraction of sp³-hybridized carbons (Fsp3) is 0.167. The normalized spacial score (nSPS) is 15.6. The highest BCUT2D eigenvalue weighted by atomic mass is 32.1. The fourth-order valence-electron chi connectivity index (χ4n) is 3.59. The number of rotatable bonds is 7. The van der Waals surface area contributed by atoms with Gasteiger partial charge in [0.15, 0.2) is 5.11 Å². The van der Waals surface area contributed by atoms with Crippen molar-refractivity contribution in [3.8, 4) is 5.75 Å². The highest BCUT2D eigenvalue weighted by Gasteiger charge is 2.44. The number of thiocarbonyl (C=S) groups is 1. The van der Waals surface area contributed by atoms with Gasteiger partial charge in [-0.05, 0) is 60.7 Å². The lowest BCUT2D eigenvalue weighted by Crippen LogP contribution is -2.37. The molecule has 1 aliphatic rings. The molecule has 7 nitrogen and oxygen atoms in total. The van der Waals surface area contributed by atoms with Gasteiger partial charge >= 0.3 is 0 Å². The molecule has 0 bridgehead atoms. The van der Waals surface area contributed by atoms with Crippen molar-refractivity contribution in [1.29, 1.82) is 0 Å². The molecule has 1 aliphatic heterocycles. The van der Waals surface area contributed by atoms with E-state index in [1.807, 2.05) is 12.1 Å². The van der Waals surface area contributed by atoms with Crippen LogP contribution in [0.3, 0.4) is 0 Å². The van der Waals surface area contributed by atoms with Gasteiger partial charge in [0.25, 0.3) is 5.91 Å². The number of ether oxygens (including phenoxy) is 1. The molecule has 0 unspecified atom stereocenters. The third-order valence-corrected chi connectivity index (χ3v) is 5.61. The van der Waals surface area contributed by atoms with E-state index in [-0.39, 0.29) is 29.9 Å². The zero-order valence-corrected chi connectivity index (χ0v) is 18.6. The van der Waals surface area contributed by atoms with E-state index in [9.17, 15) is 14.0 Å². The van der Waals surface area contributed by atoms with Crippen molar-refractivity contribution >= 4 is 40.5 Å². The molecule has 1 fully saturated rings.